The maximum atomic E-state index is 12.7. The van der Waals surface area contributed by atoms with Gasteiger partial charge in [0.2, 0.25) is 11.0 Å². The van der Waals surface area contributed by atoms with Gasteiger partial charge >= 0.3 is 0 Å². The number of aromatic nitrogens is 4. The van der Waals surface area contributed by atoms with E-state index >= 15 is 0 Å². The van der Waals surface area contributed by atoms with Crippen LogP contribution in [0, 0.1) is 0 Å². The van der Waals surface area contributed by atoms with Crippen LogP contribution < -0.4 is 5.32 Å². The summed E-state index contributed by atoms with van der Waals surface area (Å²) in [4.78, 5) is 17.4. The Bertz CT molecular complexity index is 1160. The van der Waals surface area contributed by atoms with Crippen LogP contribution >= 0.6 is 23.1 Å². The fourth-order valence-electron chi connectivity index (χ4n) is 3.24. The van der Waals surface area contributed by atoms with Crippen molar-refractivity contribution in [3.05, 3.63) is 59.9 Å². The average Bonchev–Trinajstić information content (AvgIpc) is 3.33. The summed E-state index contributed by atoms with van der Waals surface area (Å²) in [5, 5.41) is 12.6. The second kappa shape index (κ2) is 8.97. The minimum absolute atomic E-state index is 0.140. The third kappa shape index (κ3) is 4.39. The topological polar surface area (TPSA) is 72.7 Å². The van der Waals surface area contributed by atoms with E-state index in [4.69, 9.17) is 0 Å². The monoisotopic (exact) mass is 437 g/mol. The van der Waals surface area contributed by atoms with Gasteiger partial charge in [0.05, 0.1) is 16.8 Å². The van der Waals surface area contributed by atoms with Crippen LogP contribution in [0.15, 0.2) is 48.5 Å². The molecule has 0 fully saturated rings. The quantitative estimate of drug-likeness (QED) is 0.431. The molecule has 0 saturated carbocycles. The first-order chi connectivity index (χ1) is 14.5. The Balaban J connectivity index is 1.49. The Morgan fingerprint density at radius 1 is 1.13 bits per heavy atom. The fraction of sp³-hybridized carbons (Fsp3) is 0.273. The molecule has 6 nitrogen and oxygen atoms in total. The Hall–Kier alpha value is -2.71. The van der Waals surface area contributed by atoms with Crippen molar-refractivity contribution in [1.29, 1.82) is 0 Å². The number of benzene rings is 2. The Labute approximate surface area is 183 Å². The van der Waals surface area contributed by atoms with Gasteiger partial charge in [-0.15, -0.1) is 10.2 Å². The number of imidazole rings is 1. The van der Waals surface area contributed by atoms with E-state index in [1.165, 1.54) is 16.9 Å². The number of nitrogens with one attached hydrogen (secondary N) is 1. The highest BCUT2D eigenvalue weighted by Crippen LogP contribution is 2.28. The molecule has 2 heterocycles. The van der Waals surface area contributed by atoms with Gasteiger partial charge in [-0.1, -0.05) is 61.6 Å². The highest BCUT2D eigenvalue weighted by molar-refractivity contribution is 7.97. The van der Waals surface area contributed by atoms with E-state index in [9.17, 15) is 4.79 Å². The van der Waals surface area contributed by atoms with Crippen LogP contribution in [0.25, 0.3) is 21.6 Å². The highest BCUT2D eigenvalue weighted by atomic mass is 32.2. The van der Waals surface area contributed by atoms with E-state index in [1.807, 2.05) is 47.2 Å². The molecule has 0 bridgehead atoms. The van der Waals surface area contributed by atoms with Gasteiger partial charge in [0.15, 0.2) is 0 Å². The normalized spacial score (nSPS) is 11.3. The lowest BCUT2D eigenvalue weighted by Gasteiger charge is -2.08. The van der Waals surface area contributed by atoms with Crippen molar-refractivity contribution < 1.29 is 4.79 Å². The second-order valence-electron chi connectivity index (χ2n) is 7.27. The molecule has 154 valence electrons. The lowest BCUT2D eigenvalue weighted by molar-refractivity contribution is -0.116. The number of carbonyl (C=O) groups excluding carboxylic acids is 1. The molecule has 0 saturated heterocycles. The lowest BCUT2D eigenvalue weighted by atomic mass is 10.0. The number of thioether (sulfide) groups is 1. The second-order valence-corrected chi connectivity index (χ2v) is 9.12. The van der Waals surface area contributed by atoms with E-state index in [1.54, 1.807) is 11.8 Å². The number of fused-ring (bicyclic) bond motifs is 1. The van der Waals surface area contributed by atoms with Gasteiger partial charge in [0.1, 0.15) is 17.4 Å². The Morgan fingerprint density at radius 3 is 2.63 bits per heavy atom. The lowest BCUT2D eigenvalue weighted by Crippen LogP contribution is -2.20. The molecule has 30 heavy (non-hydrogen) atoms. The standard InChI is InChI=1S/C22H23N5OS2/c1-14(2)15-8-10-16(11-9-15)21-25-26-22(30-21)24-20(28)12-27-18-7-5-4-6-17(18)23-19(27)13-29-3/h4-11,14H,12-13H2,1-3H3,(H,24,26,28). The van der Waals surface area contributed by atoms with Crippen LogP contribution in [0.2, 0.25) is 0 Å². The largest absolute Gasteiger partial charge is 0.318 e. The molecule has 2 aromatic carbocycles. The summed E-state index contributed by atoms with van der Waals surface area (Å²) in [7, 11) is 0. The highest BCUT2D eigenvalue weighted by Gasteiger charge is 2.15. The van der Waals surface area contributed by atoms with E-state index < -0.39 is 0 Å². The van der Waals surface area contributed by atoms with Crippen molar-refractivity contribution in [2.24, 2.45) is 0 Å². The van der Waals surface area contributed by atoms with Crippen molar-refractivity contribution in [3.63, 3.8) is 0 Å². The van der Waals surface area contributed by atoms with Gasteiger partial charge in [-0.25, -0.2) is 4.98 Å². The summed E-state index contributed by atoms with van der Waals surface area (Å²) in [5.74, 6) is 1.98. The molecule has 8 heteroatoms. The number of amides is 1. The molecule has 1 amide bonds. The van der Waals surface area contributed by atoms with E-state index in [0.29, 0.717) is 11.0 Å². The molecule has 4 rings (SSSR count). The number of carbonyl (C=O) groups is 1. The fourth-order valence-corrected chi connectivity index (χ4v) is 4.49. The van der Waals surface area contributed by atoms with E-state index in [2.05, 4.69) is 46.5 Å². The van der Waals surface area contributed by atoms with Crippen LogP contribution in [0.4, 0.5) is 5.13 Å². The zero-order chi connectivity index (χ0) is 21.1. The number of anilines is 1. The number of hydrogen-bond acceptors (Lipinski definition) is 6. The summed E-state index contributed by atoms with van der Waals surface area (Å²) in [5.41, 5.74) is 4.14. The predicted molar refractivity (Wildman–Crippen MR) is 125 cm³/mol. The van der Waals surface area contributed by atoms with Crippen LogP contribution in [0.5, 0.6) is 0 Å². The first-order valence-electron chi connectivity index (χ1n) is 9.72. The Kier molecular flexibility index (Phi) is 6.15. The molecular formula is C22H23N5OS2. The molecule has 0 radical (unpaired) electrons. The van der Waals surface area contributed by atoms with E-state index in [0.717, 1.165) is 33.2 Å². The summed E-state index contributed by atoms with van der Waals surface area (Å²) < 4.78 is 1.97. The maximum Gasteiger partial charge on any atom is 0.246 e. The van der Waals surface area contributed by atoms with Crippen LogP contribution in [-0.4, -0.2) is 31.9 Å². The summed E-state index contributed by atoms with van der Waals surface area (Å²) in [6.45, 7) is 4.53. The van der Waals surface area contributed by atoms with Crippen LogP contribution in [-0.2, 0) is 17.1 Å². The molecule has 0 unspecified atom stereocenters. The molecule has 0 atom stereocenters. The van der Waals surface area contributed by atoms with Crippen molar-refractivity contribution in [3.8, 4) is 10.6 Å². The van der Waals surface area contributed by atoms with Crippen molar-refractivity contribution in [1.82, 2.24) is 19.7 Å². The average molecular weight is 438 g/mol. The Morgan fingerprint density at radius 2 is 1.90 bits per heavy atom. The predicted octanol–water partition coefficient (Wildman–Crippen LogP) is 5.18. The van der Waals surface area contributed by atoms with Gasteiger partial charge in [-0.3, -0.25) is 10.1 Å². The van der Waals surface area contributed by atoms with Gasteiger partial charge < -0.3 is 4.57 Å². The smallest absolute Gasteiger partial charge is 0.246 e. The molecule has 4 aromatic rings. The molecule has 0 aliphatic rings. The SMILES string of the molecule is CSCc1nc2ccccc2n1CC(=O)Nc1nnc(-c2ccc(C(C)C)cc2)s1. The van der Waals surface area contributed by atoms with Gasteiger partial charge in [0.25, 0.3) is 0 Å². The minimum Gasteiger partial charge on any atom is -0.318 e. The van der Waals surface area contributed by atoms with Crippen molar-refractivity contribution >= 4 is 45.2 Å². The zero-order valence-corrected chi connectivity index (χ0v) is 18.8. The van der Waals surface area contributed by atoms with Crippen LogP contribution in [0.3, 0.4) is 0 Å². The molecule has 0 aliphatic heterocycles. The minimum atomic E-state index is -0.140. The number of nitrogens with zero attached hydrogens (tertiary/aromatic N) is 4. The number of para-hydroxylation sites is 2. The van der Waals surface area contributed by atoms with Gasteiger partial charge in [-0.2, -0.15) is 11.8 Å². The molecule has 0 aliphatic carbocycles. The molecule has 0 spiro atoms. The molecular weight excluding hydrogens is 414 g/mol. The molecule has 1 N–H and O–H groups in total. The summed E-state index contributed by atoms with van der Waals surface area (Å²) in [6, 6.07) is 16.2. The van der Waals surface area contributed by atoms with Gasteiger partial charge in [0, 0.05) is 5.56 Å². The van der Waals surface area contributed by atoms with E-state index in [-0.39, 0.29) is 12.5 Å². The zero-order valence-electron chi connectivity index (χ0n) is 17.1. The third-order valence-electron chi connectivity index (χ3n) is 4.80. The number of hydrogen-bond donors (Lipinski definition) is 1. The van der Waals surface area contributed by atoms with Crippen LogP contribution in [0.1, 0.15) is 31.2 Å². The number of rotatable bonds is 7. The van der Waals surface area contributed by atoms with Crippen molar-refractivity contribution in [2.75, 3.05) is 11.6 Å². The third-order valence-corrected chi connectivity index (χ3v) is 6.24. The van der Waals surface area contributed by atoms with Crippen molar-refractivity contribution in [2.45, 2.75) is 32.1 Å². The summed E-state index contributed by atoms with van der Waals surface area (Å²) >= 11 is 3.06. The first-order valence-corrected chi connectivity index (χ1v) is 11.9. The summed E-state index contributed by atoms with van der Waals surface area (Å²) in [6.07, 6.45) is 2.03. The first kappa shape index (κ1) is 20.6. The maximum absolute atomic E-state index is 12.7. The molecule has 2 aromatic heterocycles. The van der Waals surface area contributed by atoms with Gasteiger partial charge in [-0.05, 0) is 29.9 Å².